The van der Waals surface area contributed by atoms with Gasteiger partial charge in [0.15, 0.2) is 0 Å². The minimum absolute atomic E-state index is 0.104. The third-order valence-corrected chi connectivity index (χ3v) is 3.83. The van der Waals surface area contributed by atoms with E-state index in [0.717, 1.165) is 0 Å². The van der Waals surface area contributed by atoms with Gasteiger partial charge in [-0.3, -0.25) is 4.79 Å². The van der Waals surface area contributed by atoms with E-state index in [0.29, 0.717) is 5.92 Å². The molecule has 2 unspecified atom stereocenters. The van der Waals surface area contributed by atoms with Crippen LogP contribution in [0.25, 0.3) is 0 Å². The Balaban J connectivity index is 2.25. The second kappa shape index (κ2) is 4.91. The smallest absolute Gasteiger partial charge is 0.303 e. The monoisotopic (exact) mass is 232 g/mol. The highest BCUT2D eigenvalue weighted by molar-refractivity contribution is 5.68. The standard InChI is InChI=1S/C15H20O2/c1-10-4-3-5-12-6-7-13(9-14(10)12)11(2)8-15(16)17/h6-7,9-11H,3-5,8H2,1-2H3,(H,16,17). The van der Waals surface area contributed by atoms with Crippen LogP contribution < -0.4 is 0 Å². The summed E-state index contributed by atoms with van der Waals surface area (Å²) in [5.41, 5.74) is 4.06. The predicted molar refractivity (Wildman–Crippen MR) is 68.5 cm³/mol. The van der Waals surface area contributed by atoms with Crippen molar-refractivity contribution in [3.05, 3.63) is 34.9 Å². The van der Waals surface area contributed by atoms with Gasteiger partial charge in [0.2, 0.25) is 0 Å². The molecule has 92 valence electrons. The molecule has 0 heterocycles. The Labute approximate surface area is 103 Å². The lowest BCUT2D eigenvalue weighted by Crippen LogP contribution is -2.09. The molecule has 2 nitrogen and oxygen atoms in total. The average Bonchev–Trinajstić information content (AvgIpc) is 2.28. The predicted octanol–water partition coefficient (Wildman–Crippen LogP) is 3.70. The zero-order valence-corrected chi connectivity index (χ0v) is 10.6. The van der Waals surface area contributed by atoms with Gasteiger partial charge in [-0.15, -0.1) is 0 Å². The lowest BCUT2D eigenvalue weighted by molar-refractivity contribution is -0.137. The van der Waals surface area contributed by atoms with E-state index in [4.69, 9.17) is 5.11 Å². The number of fused-ring (bicyclic) bond motifs is 1. The van der Waals surface area contributed by atoms with Gasteiger partial charge in [-0.1, -0.05) is 32.0 Å². The molecule has 1 aliphatic rings. The SMILES string of the molecule is CC(CC(=O)O)c1ccc2c(c1)C(C)CCC2. The maximum atomic E-state index is 10.7. The first kappa shape index (κ1) is 12.2. The van der Waals surface area contributed by atoms with Crippen molar-refractivity contribution in [2.75, 3.05) is 0 Å². The van der Waals surface area contributed by atoms with Gasteiger partial charge in [-0.05, 0) is 47.8 Å². The Morgan fingerprint density at radius 2 is 2.29 bits per heavy atom. The number of hydrogen-bond acceptors (Lipinski definition) is 1. The normalized spacial score (nSPS) is 20.7. The van der Waals surface area contributed by atoms with E-state index >= 15 is 0 Å². The van der Waals surface area contributed by atoms with Gasteiger partial charge in [-0.2, -0.15) is 0 Å². The van der Waals surface area contributed by atoms with E-state index in [2.05, 4.69) is 25.1 Å². The van der Waals surface area contributed by atoms with Gasteiger partial charge in [0.1, 0.15) is 0 Å². The van der Waals surface area contributed by atoms with Crippen molar-refractivity contribution < 1.29 is 9.90 Å². The number of carbonyl (C=O) groups is 1. The van der Waals surface area contributed by atoms with Crippen molar-refractivity contribution in [1.29, 1.82) is 0 Å². The molecule has 0 bridgehead atoms. The van der Waals surface area contributed by atoms with Crippen molar-refractivity contribution in [1.82, 2.24) is 0 Å². The number of benzene rings is 1. The molecule has 0 aromatic heterocycles. The molecule has 0 spiro atoms. The molecule has 0 saturated carbocycles. The molecule has 0 saturated heterocycles. The lowest BCUT2D eigenvalue weighted by Gasteiger charge is -2.24. The highest BCUT2D eigenvalue weighted by Gasteiger charge is 2.18. The summed E-state index contributed by atoms with van der Waals surface area (Å²) in [4.78, 5) is 10.7. The summed E-state index contributed by atoms with van der Waals surface area (Å²) in [6.07, 6.45) is 3.92. The summed E-state index contributed by atoms with van der Waals surface area (Å²) in [5.74, 6) is 0.00548. The van der Waals surface area contributed by atoms with Gasteiger partial charge in [0.25, 0.3) is 0 Å². The first-order valence-corrected chi connectivity index (χ1v) is 6.42. The molecule has 0 amide bonds. The van der Waals surface area contributed by atoms with E-state index in [9.17, 15) is 4.79 Å². The van der Waals surface area contributed by atoms with E-state index in [1.807, 2.05) is 6.92 Å². The molecule has 17 heavy (non-hydrogen) atoms. The summed E-state index contributed by atoms with van der Waals surface area (Å²) in [5, 5.41) is 8.84. The minimum Gasteiger partial charge on any atom is -0.481 e. The first-order chi connectivity index (χ1) is 8.08. The molecule has 0 aliphatic heterocycles. The Hall–Kier alpha value is -1.31. The number of hydrogen-bond donors (Lipinski definition) is 1. The van der Waals surface area contributed by atoms with Gasteiger partial charge in [-0.25, -0.2) is 0 Å². The third-order valence-electron chi connectivity index (χ3n) is 3.83. The maximum Gasteiger partial charge on any atom is 0.303 e. The zero-order valence-electron chi connectivity index (χ0n) is 10.6. The van der Waals surface area contributed by atoms with Gasteiger partial charge >= 0.3 is 5.97 Å². The van der Waals surface area contributed by atoms with E-state index in [-0.39, 0.29) is 12.3 Å². The molecular formula is C15H20O2. The summed E-state index contributed by atoms with van der Waals surface area (Å²) in [7, 11) is 0. The van der Waals surface area contributed by atoms with E-state index < -0.39 is 5.97 Å². The molecule has 2 rings (SSSR count). The van der Waals surface area contributed by atoms with Crippen LogP contribution in [-0.2, 0) is 11.2 Å². The van der Waals surface area contributed by atoms with Crippen LogP contribution in [-0.4, -0.2) is 11.1 Å². The Morgan fingerprint density at radius 1 is 1.53 bits per heavy atom. The highest BCUT2D eigenvalue weighted by atomic mass is 16.4. The quantitative estimate of drug-likeness (QED) is 0.862. The number of carboxylic acids is 1. The second-order valence-electron chi connectivity index (χ2n) is 5.25. The van der Waals surface area contributed by atoms with Gasteiger partial charge in [0, 0.05) is 0 Å². The Bertz CT molecular complexity index is 423. The number of rotatable bonds is 3. The molecule has 1 N–H and O–H groups in total. The molecule has 1 aliphatic carbocycles. The van der Waals surface area contributed by atoms with Gasteiger partial charge < -0.3 is 5.11 Å². The lowest BCUT2D eigenvalue weighted by atomic mass is 9.81. The summed E-state index contributed by atoms with van der Waals surface area (Å²) < 4.78 is 0. The topological polar surface area (TPSA) is 37.3 Å². The molecule has 2 heteroatoms. The highest BCUT2D eigenvalue weighted by Crippen LogP contribution is 2.33. The minimum atomic E-state index is -0.719. The first-order valence-electron chi connectivity index (χ1n) is 6.42. The number of aliphatic carboxylic acids is 1. The van der Waals surface area contributed by atoms with Crippen LogP contribution in [0.4, 0.5) is 0 Å². The van der Waals surface area contributed by atoms with Crippen LogP contribution in [0.2, 0.25) is 0 Å². The van der Waals surface area contributed by atoms with Crippen LogP contribution in [0.3, 0.4) is 0 Å². The number of aryl methyl sites for hydroxylation is 1. The summed E-state index contributed by atoms with van der Waals surface area (Å²) in [6.45, 7) is 4.26. The zero-order chi connectivity index (χ0) is 12.4. The Morgan fingerprint density at radius 3 is 3.00 bits per heavy atom. The van der Waals surface area contributed by atoms with Crippen LogP contribution in [0.1, 0.15) is 61.6 Å². The molecular weight excluding hydrogens is 212 g/mol. The largest absolute Gasteiger partial charge is 0.481 e. The summed E-state index contributed by atoms with van der Waals surface area (Å²) >= 11 is 0. The van der Waals surface area contributed by atoms with Crippen molar-refractivity contribution in [3.8, 4) is 0 Å². The summed E-state index contributed by atoms with van der Waals surface area (Å²) in [6, 6.07) is 6.52. The van der Waals surface area contributed by atoms with Crippen LogP contribution in [0.5, 0.6) is 0 Å². The molecule has 2 atom stereocenters. The van der Waals surface area contributed by atoms with Gasteiger partial charge in [0.05, 0.1) is 6.42 Å². The van der Waals surface area contributed by atoms with E-state index in [1.165, 1.54) is 36.0 Å². The number of carboxylic acid groups (broad SMARTS) is 1. The molecule has 1 aromatic rings. The Kier molecular flexibility index (Phi) is 3.51. The average molecular weight is 232 g/mol. The van der Waals surface area contributed by atoms with Crippen LogP contribution in [0.15, 0.2) is 18.2 Å². The molecule has 0 fully saturated rings. The van der Waals surface area contributed by atoms with Crippen molar-refractivity contribution >= 4 is 5.97 Å². The van der Waals surface area contributed by atoms with Crippen LogP contribution >= 0.6 is 0 Å². The van der Waals surface area contributed by atoms with E-state index in [1.54, 1.807) is 0 Å². The van der Waals surface area contributed by atoms with Crippen molar-refractivity contribution in [3.63, 3.8) is 0 Å². The fourth-order valence-corrected chi connectivity index (χ4v) is 2.74. The second-order valence-corrected chi connectivity index (χ2v) is 5.25. The molecule has 1 aromatic carbocycles. The van der Waals surface area contributed by atoms with Crippen LogP contribution in [0, 0.1) is 0 Å². The fourth-order valence-electron chi connectivity index (χ4n) is 2.74. The van der Waals surface area contributed by atoms with Crippen molar-refractivity contribution in [2.45, 2.75) is 51.4 Å². The van der Waals surface area contributed by atoms with Crippen molar-refractivity contribution in [2.24, 2.45) is 0 Å². The fraction of sp³-hybridized carbons (Fsp3) is 0.533. The third kappa shape index (κ3) is 2.68. The maximum absolute atomic E-state index is 10.7. The molecule has 0 radical (unpaired) electrons.